The maximum Gasteiger partial charge on any atom is 0.410 e. The molecule has 0 spiro atoms. The first-order valence-corrected chi connectivity index (χ1v) is 8.35. The Kier molecular flexibility index (Phi) is 5.49. The van der Waals surface area contributed by atoms with Crippen molar-refractivity contribution in [2.75, 3.05) is 18.4 Å². The molecule has 1 unspecified atom stereocenters. The predicted octanol–water partition coefficient (Wildman–Crippen LogP) is 4.54. The van der Waals surface area contributed by atoms with Gasteiger partial charge in [-0.2, -0.15) is 0 Å². The van der Waals surface area contributed by atoms with Crippen LogP contribution < -0.4 is 5.32 Å². The van der Waals surface area contributed by atoms with Crippen LogP contribution in [0.25, 0.3) is 0 Å². The van der Waals surface area contributed by atoms with Crippen molar-refractivity contribution >= 4 is 27.7 Å². The highest BCUT2D eigenvalue weighted by molar-refractivity contribution is 9.10. The summed E-state index contributed by atoms with van der Waals surface area (Å²) < 4.78 is 32.6. The van der Waals surface area contributed by atoms with E-state index < -0.39 is 17.2 Å². The lowest BCUT2D eigenvalue weighted by molar-refractivity contribution is 0.0235. The molecule has 1 fully saturated rings. The summed E-state index contributed by atoms with van der Waals surface area (Å²) in [4.78, 5) is 13.9. The van der Waals surface area contributed by atoms with E-state index in [0.29, 0.717) is 13.1 Å². The summed E-state index contributed by atoms with van der Waals surface area (Å²) >= 11 is 3.04. The highest BCUT2D eigenvalue weighted by Crippen LogP contribution is 2.25. The minimum Gasteiger partial charge on any atom is -0.444 e. The van der Waals surface area contributed by atoms with Crippen LogP contribution in [0.3, 0.4) is 0 Å². The average molecular weight is 391 g/mol. The lowest BCUT2D eigenvalue weighted by Crippen LogP contribution is -2.42. The molecule has 1 saturated heterocycles. The molecule has 23 heavy (non-hydrogen) atoms. The molecule has 128 valence electrons. The van der Waals surface area contributed by atoms with Crippen LogP contribution in [0.1, 0.15) is 33.6 Å². The van der Waals surface area contributed by atoms with E-state index >= 15 is 0 Å². The van der Waals surface area contributed by atoms with Crippen LogP contribution in [0.5, 0.6) is 0 Å². The maximum absolute atomic E-state index is 13.8. The summed E-state index contributed by atoms with van der Waals surface area (Å²) in [6.07, 6.45) is 1.33. The van der Waals surface area contributed by atoms with Gasteiger partial charge in [-0.15, -0.1) is 0 Å². The van der Waals surface area contributed by atoms with Gasteiger partial charge in [-0.3, -0.25) is 0 Å². The van der Waals surface area contributed by atoms with Gasteiger partial charge < -0.3 is 15.0 Å². The summed E-state index contributed by atoms with van der Waals surface area (Å²) in [6, 6.07) is 2.11. The molecule has 1 heterocycles. The van der Waals surface area contributed by atoms with Crippen LogP contribution in [0, 0.1) is 11.6 Å². The quantitative estimate of drug-likeness (QED) is 0.770. The van der Waals surface area contributed by atoms with Gasteiger partial charge in [0.15, 0.2) is 0 Å². The van der Waals surface area contributed by atoms with E-state index in [-0.39, 0.29) is 22.3 Å². The van der Waals surface area contributed by atoms with Crippen molar-refractivity contribution in [3.63, 3.8) is 0 Å². The predicted molar refractivity (Wildman–Crippen MR) is 88.5 cm³/mol. The van der Waals surface area contributed by atoms with Crippen molar-refractivity contribution in [3.8, 4) is 0 Å². The fourth-order valence-electron chi connectivity index (χ4n) is 2.49. The number of benzene rings is 1. The fraction of sp³-hybridized carbons (Fsp3) is 0.562. The fourth-order valence-corrected chi connectivity index (χ4v) is 2.84. The molecule has 1 aromatic carbocycles. The molecule has 0 saturated carbocycles. The number of hydrogen-bond donors (Lipinski definition) is 1. The molecule has 1 atom stereocenters. The summed E-state index contributed by atoms with van der Waals surface area (Å²) in [5.41, 5.74) is -0.347. The standard InChI is InChI=1S/C16H21BrF2N2O2/c1-16(2,3)23-15(22)21-6-4-5-10(21)9-20-14-7-11(17)12(18)8-13(14)19/h7-8,10,20H,4-6,9H2,1-3H3. The number of likely N-dealkylation sites (tertiary alicyclic amines) is 1. The maximum atomic E-state index is 13.8. The van der Waals surface area contributed by atoms with Gasteiger partial charge in [0.25, 0.3) is 0 Å². The van der Waals surface area contributed by atoms with Crippen LogP contribution in [-0.2, 0) is 4.74 Å². The van der Waals surface area contributed by atoms with E-state index in [1.54, 1.807) is 4.90 Å². The minimum atomic E-state index is -0.660. The second kappa shape index (κ2) is 7.03. The summed E-state index contributed by atoms with van der Waals surface area (Å²) in [5, 5.41) is 2.95. The number of ether oxygens (including phenoxy) is 1. The summed E-state index contributed by atoms with van der Waals surface area (Å²) in [6.45, 7) is 6.46. The van der Waals surface area contributed by atoms with E-state index in [0.717, 1.165) is 18.9 Å². The van der Waals surface area contributed by atoms with Crippen molar-refractivity contribution in [2.45, 2.75) is 45.3 Å². The Balaban J connectivity index is 1.99. The third kappa shape index (κ3) is 4.80. The van der Waals surface area contributed by atoms with Crippen molar-refractivity contribution < 1.29 is 18.3 Å². The topological polar surface area (TPSA) is 41.6 Å². The van der Waals surface area contributed by atoms with E-state index in [1.165, 1.54) is 6.07 Å². The van der Waals surface area contributed by atoms with E-state index in [4.69, 9.17) is 4.74 Å². The number of hydrogen-bond acceptors (Lipinski definition) is 3. The van der Waals surface area contributed by atoms with Crippen molar-refractivity contribution in [3.05, 3.63) is 28.2 Å². The number of anilines is 1. The Morgan fingerprint density at radius 1 is 1.39 bits per heavy atom. The zero-order valence-electron chi connectivity index (χ0n) is 13.5. The van der Waals surface area contributed by atoms with E-state index in [9.17, 15) is 13.6 Å². The highest BCUT2D eigenvalue weighted by Gasteiger charge is 2.32. The molecule has 0 bridgehead atoms. The van der Waals surface area contributed by atoms with Gasteiger partial charge in [-0.25, -0.2) is 13.6 Å². The zero-order chi connectivity index (χ0) is 17.2. The second-order valence-corrected chi connectivity index (χ2v) is 7.45. The van der Waals surface area contributed by atoms with E-state index in [2.05, 4.69) is 21.2 Å². The molecule has 2 rings (SSSR count). The third-order valence-electron chi connectivity index (χ3n) is 3.54. The highest BCUT2D eigenvalue weighted by atomic mass is 79.9. The van der Waals surface area contributed by atoms with Gasteiger partial charge in [0.2, 0.25) is 0 Å². The molecule has 0 aromatic heterocycles. The molecule has 1 aliphatic rings. The smallest absolute Gasteiger partial charge is 0.410 e. The Hall–Kier alpha value is -1.37. The molecule has 1 aromatic rings. The van der Waals surface area contributed by atoms with Crippen molar-refractivity contribution in [2.24, 2.45) is 0 Å². The SMILES string of the molecule is CC(C)(C)OC(=O)N1CCCC1CNc1cc(Br)c(F)cc1F. The van der Waals surface area contributed by atoms with Crippen molar-refractivity contribution in [1.82, 2.24) is 4.90 Å². The lowest BCUT2D eigenvalue weighted by Gasteiger charge is -2.29. The molecule has 7 heteroatoms. The van der Waals surface area contributed by atoms with Crippen LogP contribution in [0.2, 0.25) is 0 Å². The molecule has 0 aliphatic carbocycles. The molecule has 1 amide bonds. The number of carbonyl (C=O) groups is 1. The van der Waals surface area contributed by atoms with Crippen LogP contribution in [-0.4, -0.2) is 35.7 Å². The Bertz CT molecular complexity index is 590. The molecule has 1 N–H and O–H groups in total. The number of rotatable bonds is 3. The van der Waals surface area contributed by atoms with Gasteiger partial charge >= 0.3 is 6.09 Å². The first kappa shape index (κ1) is 18.0. The third-order valence-corrected chi connectivity index (χ3v) is 4.15. The Labute approximate surface area is 143 Å². The van der Waals surface area contributed by atoms with E-state index in [1.807, 2.05) is 20.8 Å². The number of nitrogens with one attached hydrogen (secondary N) is 1. The molecule has 0 radical (unpaired) electrons. The summed E-state index contributed by atoms with van der Waals surface area (Å²) in [7, 11) is 0. The largest absolute Gasteiger partial charge is 0.444 e. The van der Waals surface area contributed by atoms with Gasteiger partial charge in [0, 0.05) is 19.2 Å². The molecular weight excluding hydrogens is 370 g/mol. The molecule has 4 nitrogen and oxygen atoms in total. The minimum absolute atomic E-state index is 0.0759. The lowest BCUT2D eigenvalue weighted by atomic mass is 10.2. The van der Waals surface area contributed by atoms with Crippen LogP contribution in [0.4, 0.5) is 19.3 Å². The number of amides is 1. The Morgan fingerprint density at radius 2 is 2.09 bits per heavy atom. The molecule has 1 aliphatic heterocycles. The average Bonchev–Trinajstić information content (AvgIpc) is 2.88. The van der Waals surface area contributed by atoms with Crippen LogP contribution >= 0.6 is 15.9 Å². The monoisotopic (exact) mass is 390 g/mol. The zero-order valence-corrected chi connectivity index (χ0v) is 15.0. The van der Waals surface area contributed by atoms with Gasteiger partial charge in [-0.1, -0.05) is 0 Å². The number of halogens is 3. The Morgan fingerprint density at radius 3 is 2.74 bits per heavy atom. The second-order valence-electron chi connectivity index (χ2n) is 6.60. The first-order valence-electron chi connectivity index (χ1n) is 7.55. The van der Waals surface area contributed by atoms with Crippen molar-refractivity contribution in [1.29, 1.82) is 0 Å². The van der Waals surface area contributed by atoms with Gasteiger partial charge in [0.1, 0.15) is 17.2 Å². The first-order chi connectivity index (χ1) is 10.7. The summed E-state index contributed by atoms with van der Waals surface area (Å²) in [5.74, 6) is -1.31. The number of carbonyl (C=O) groups excluding carboxylic acids is 1. The number of nitrogens with zero attached hydrogens (tertiary/aromatic N) is 1. The van der Waals surface area contributed by atoms with Gasteiger partial charge in [0.05, 0.1) is 16.2 Å². The molecular formula is C16H21BrF2N2O2. The van der Waals surface area contributed by atoms with Crippen LogP contribution in [0.15, 0.2) is 16.6 Å². The van der Waals surface area contributed by atoms with Gasteiger partial charge in [-0.05, 0) is 55.6 Å². The normalized spacial score (nSPS) is 18.2.